The Morgan fingerprint density at radius 2 is 1.81 bits per heavy atom. The summed E-state index contributed by atoms with van der Waals surface area (Å²) in [6, 6.07) is 5.65. The SMILES string of the molecule is COc1ccc(CNC(=O)C2CCN(C(=O)NC(C)C)CC2)cc1OC. The van der Waals surface area contributed by atoms with Crippen LogP contribution < -0.4 is 20.1 Å². The Balaban J connectivity index is 1.81. The molecule has 0 bridgehead atoms. The van der Waals surface area contributed by atoms with Crippen LogP contribution in [0, 0.1) is 5.92 Å². The van der Waals surface area contributed by atoms with Gasteiger partial charge in [-0.05, 0) is 44.4 Å². The summed E-state index contributed by atoms with van der Waals surface area (Å²) in [6.07, 6.45) is 1.37. The van der Waals surface area contributed by atoms with E-state index in [1.165, 1.54) is 0 Å². The number of benzene rings is 1. The van der Waals surface area contributed by atoms with E-state index in [1.807, 2.05) is 32.0 Å². The number of rotatable bonds is 6. The van der Waals surface area contributed by atoms with E-state index in [2.05, 4.69) is 10.6 Å². The third-order valence-electron chi connectivity index (χ3n) is 4.48. The summed E-state index contributed by atoms with van der Waals surface area (Å²) in [5.74, 6) is 1.28. The van der Waals surface area contributed by atoms with Gasteiger partial charge in [-0.15, -0.1) is 0 Å². The number of urea groups is 1. The minimum atomic E-state index is -0.0572. The number of piperidine rings is 1. The van der Waals surface area contributed by atoms with Gasteiger partial charge in [-0.1, -0.05) is 6.07 Å². The van der Waals surface area contributed by atoms with Crippen molar-refractivity contribution in [2.75, 3.05) is 27.3 Å². The molecule has 144 valence electrons. The Hall–Kier alpha value is -2.44. The van der Waals surface area contributed by atoms with Gasteiger partial charge in [0.25, 0.3) is 0 Å². The van der Waals surface area contributed by atoms with Gasteiger partial charge >= 0.3 is 6.03 Å². The van der Waals surface area contributed by atoms with E-state index in [4.69, 9.17) is 9.47 Å². The molecular weight excluding hydrogens is 334 g/mol. The summed E-state index contributed by atoms with van der Waals surface area (Å²) in [5.41, 5.74) is 0.949. The van der Waals surface area contributed by atoms with Crippen molar-refractivity contribution in [1.82, 2.24) is 15.5 Å². The lowest BCUT2D eigenvalue weighted by molar-refractivity contribution is -0.126. The van der Waals surface area contributed by atoms with Crippen LogP contribution in [0.3, 0.4) is 0 Å². The number of nitrogens with one attached hydrogen (secondary N) is 2. The maximum absolute atomic E-state index is 12.4. The molecule has 7 heteroatoms. The number of ether oxygens (including phenoxy) is 2. The Morgan fingerprint density at radius 3 is 2.38 bits per heavy atom. The number of hydrogen-bond donors (Lipinski definition) is 2. The Morgan fingerprint density at radius 1 is 1.15 bits per heavy atom. The number of likely N-dealkylation sites (tertiary alicyclic amines) is 1. The highest BCUT2D eigenvalue weighted by Crippen LogP contribution is 2.27. The largest absolute Gasteiger partial charge is 0.493 e. The van der Waals surface area contributed by atoms with Crippen LogP contribution in [-0.4, -0.2) is 50.2 Å². The van der Waals surface area contributed by atoms with Crippen LogP contribution in [-0.2, 0) is 11.3 Å². The molecule has 3 amide bonds. The van der Waals surface area contributed by atoms with Crippen LogP contribution >= 0.6 is 0 Å². The monoisotopic (exact) mass is 363 g/mol. The van der Waals surface area contributed by atoms with E-state index in [9.17, 15) is 9.59 Å². The third-order valence-corrected chi connectivity index (χ3v) is 4.48. The molecular formula is C19H29N3O4. The molecule has 1 heterocycles. The molecule has 2 N–H and O–H groups in total. The minimum absolute atomic E-state index is 0.0312. The molecule has 7 nitrogen and oxygen atoms in total. The normalized spacial score (nSPS) is 14.9. The van der Waals surface area contributed by atoms with Crippen molar-refractivity contribution in [1.29, 1.82) is 0 Å². The average Bonchev–Trinajstić information content (AvgIpc) is 2.65. The highest BCUT2D eigenvalue weighted by atomic mass is 16.5. The molecule has 0 spiro atoms. The fourth-order valence-corrected chi connectivity index (χ4v) is 3.01. The predicted octanol–water partition coefficient (Wildman–Crippen LogP) is 2.15. The van der Waals surface area contributed by atoms with Crippen molar-refractivity contribution in [3.05, 3.63) is 23.8 Å². The first-order valence-corrected chi connectivity index (χ1v) is 8.98. The maximum atomic E-state index is 12.4. The fourth-order valence-electron chi connectivity index (χ4n) is 3.01. The molecule has 0 unspecified atom stereocenters. The van der Waals surface area contributed by atoms with Gasteiger partial charge in [0.05, 0.1) is 14.2 Å². The van der Waals surface area contributed by atoms with E-state index in [-0.39, 0.29) is 23.9 Å². The van der Waals surface area contributed by atoms with Gasteiger partial charge in [0.2, 0.25) is 5.91 Å². The Kier molecular flexibility index (Phi) is 7.12. The number of carbonyl (C=O) groups is 2. The van der Waals surface area contributed by atoms with E-state index < -0.39 is 0 Å². The lowest BCUT2D eigenvalue weighted by atomic mass is 9.96. The lowest BCUT2D eigenvalue weighted by Crippen LogP contribution is -2.48. The quantitative estimate of drug-likeness (QED) is 0.812. The van der Waals surface area contributed by atoms with Crippen LogP contribution in [0.2, 0.25) is 0 Å². The summed E-state index contributed by atoms with van der Waals surface area (Å²) in [7, 11) is 3.18. The van der Waals surface area contributed by atoms with Gasteiger partial charge in [-0.2, -0.15) is 0 Å². The first kappa shape index (κ1) is 19.9. The first-order valence-electron chi connectivity index (χ1n) is 8.98. The molecule has 0 atom stereocenters. The molecule has 1 aromatic carbocycles. The number of nitrogens with zero attached hydrogens (tertiary/aromatic N) is 1. The van der Waals surface area contributed by atoms with Gasteiger partial charge in [-0.3, -0.25) is 4.79 Å². The van der Waals surface area contributed by atoms with Crippen LogP contribution in [0.25, 0.3) is 0 Å². The number of methoxy groups -OCH3 is 2. The second-order valence-corrected chi connectivity index (χ2v) is 6.77. The highest BCUT2D eigenvalue weighted by molar-refractivity contribution is 5.79. The molecule has 0 aromatic heterocycles. The Labute approximate surface area is 155 Å². The average molecular weight is 363 g/mol. The third kappa shape index (κ3) is 5.28. The molecule has 0 aliphatic carbocycles. The van der Waals surface area contributed by atoms with E-state index in [0.29, 0.717) is 44.0 Å². The van der Waals surface area contributed by atoms with Crippen molar-refractivity contribution < 1.29 is 19.1 Å². The summed E-state index contributed by atoms with van der Waals surface area (Å²) >= 11 is 0. The zero-order valence-electron chi connectivity index (χ0n) is 16.0. The van der Waals surface area contributed by atoms with Gasteiger partial charge < -0.3 is 25.0 Å². The molecule has 26 heavy (non-hydrogen) atoms. The standard InChI is InChI=1S/C19H29N3O4/c1-13(2)21-19(24)22-9-7-15(8-10-22)18(23)20-12-14-5-6-16(25-3)17(11-14)26-4/h5-6,11,13,15H,7-10,12H2,1-4H3,(H,20,23)(H,21,24). The zero-order valence-corrected chi connectivity index (χ0v) is 16.0. The van der Waals surface area contributed by atoms with Crippen molar-refractivity contribution >= 4 is 11.9 Å². The maximum Gasteiger partial charge on any atom is 0.317 e. The predicted molar refractivity (Wildman–Crippen MR) is 99.4 cm³/mol. The van der Waals surface area contributed by atoms with Gasteiger partial charge in [0.15, 0.2) is 11.5 Å². The second kappa shape index (κ2) is 9.31. The topological polar surface area (TPSA) is 79.9 Å². The van der Waals surface area contributed by atoms with Crippen LogP contribution in [0.1, 0.15) is 32.3 Å². The van der Waals surface area contributed by atoms with Gasteiger partial charge in [0, 0.05) is 31.6 Å². The van der Waals surface area contributed by atoms with E-state index in [1.54, 1.807) is 19.1 Å². The van der Waals surface area contributed by atoms with Crippen molar-refractivity contribution in [3.63, 3.8) is 0 Å². The number of amides is 3. The van der Waals surface area contributed by atoms with Crippen molar-refractivity contribution in [2.45, 2.75) is 39.3 Å². The molecule has 0 radical (unpaired) electrons. The molecule has 1 aliphatic heterocycles. The molecule has 0 saturated carbocycles. The van der Waals surface area contributed by atoms with E-state index >= 15 is 0 Å². The van der Waals surface area contributed by atoms with Crippen LogP contribution in [0.5, 0.6) is 11.5 Å². The summed E-state index contributed by atoms with van der Waals surface area (Å²) in [5, 5.41) is 5.87. The number of carbonyl (C=O) groups excluding carboxylic acids is 2. The molecule has 2 rings (SSSR count). The van der Waals surface area contributed by atoms with Crippen molar-refractivity contribution in [3.8, 4) is 11.5 Å². The Bertz CT molecular complexity index is 625. The summed E-state index contributed by atoms with van der Waals surface area (Å²) in [4.78, 5) is 26.2. The number of hydrogen-bond acceptors (Lipinski definition) is 4. The first-order chi connectivity index (χ1) is 12.4. The smallest absolute Gasteiger partial charge is 0.317 e. The van der Waals surface area contributed by atoms with Crippen LogP contribution in [0.4, 0.5) is 4.79 Å². The van der Waals surface area contributed by atoms with E-state index in [0.717, 1.165) is 5.56 Å². The fraction of sp³-hybridized carbons (Fsp3) is 0.579. The highest BCUT2D eigenvalue weighted by Gasteiger charge is 2.27. The van der Waals surface area contributed by atoms with Gasteiger partial charge in [0.1, 0.15) is 0 Å². The van der Waals surface area contributed by atoms with Gasteiger partial charge in [-0.25, -0.2) is 4.79 Å². The summed E-state index contributed by atoms with van der Waals surface area (Å²) < 4.78 is 10.5. The summed E-state index contributed by atoms with van der Waals surface area (Å²) in [6.45, 7) is 5.52. The minimum Gasteiger partial charge on any atom is -0.493 e. The second-order valence-electron chi connectivity index (χ2n) is 6.77. The molecule has 1 aromatic rings. The lowest BCUT2D eigenvalue weighted by Gasteiger charge is -2.32. The molecule has 1 saturated heterocycles. The molecule has 1 fully saturated rings. The van der Waals surface area contributed by atoms with Crippen LogP contribution in [0.15, 0.2) is 18.2 Å². The molecule has 1 aliphatic rings. The van der Waals surface area contributed by atoms with Crippen molar-refractivity contribution in [2.24, 2.45) is 5.92 Å². The zero-order chi connectivity index (χ0) is 19.1.